The van der Waals surface area contributed by atoms with E-state index >= 15 is 0 Å². The van der Waals surface area contributed by atoms with E-state index in [4.69, 9.17) is 10.5 Å². The van der Waals surface area contributed by atoms with Gasteiger partial charge in [0.15, 0.2) is 0 Å². The summed E-state index contributed by atoms with van der Waals surface area (Å²) in [6.45, 7) is 5.65. The summed E-state index contributed by atoms with van der Waals surface area (Å²) in [5.74, 6) is 0.943. The van der Waals surface area contributed by atoms with E-state index < -0.39 is 0 Å². The minimum absolute atomic E-state index is 0.747. The number of rotatable bonds is 7. The molecule has 1 rings (SSSR count). The standard InChI is InChI=1S/C13H22N2O/c1-3-8-16-13-9-11(2)10-15-12(13)6-4-5-7-14/h9-10H,3-8,14H2,1-2H3. The van der Waals surface area contributed by atoms with Gasteiger partial charge in [-0.2, -0.15) is 0 Å². The normalized spacial score (nSPS) is 10.4. The first-order valence-electron chi connectivity index (χ1n) is 6.06. The summed E-state index contributed by atoms with van der Waals surface area (Å²) >= 11 is 0. The molecule has 0 aromatic carbocycles. The zero-order valence-corrected chi connectivity index (χ0v) is 10.3. The monoisotopic (exact) mass is 222 g/mol. The molecule has 3 heteroatoms. The molecule has 0 fully saturated rings. The summed E-state index contributed by atoms with van der Waals surface area (Å²) in [6.07, 6.45) is 6.00. The second-order valence-corrected chi connectivity index (χ2v) is 4.05. The Hall–Kier alpha value is -1.09. The minimum Gasteiger partial charge on any atom is -0.492 e. The van der Waals surface area contributed by atoms with Crippen LogP contribution in [0.25, 0.3) is 0 Å². The number of hydrogen-bond donors (Lipinski definition) is 1. The van der Waals surface area contributed by atoms with Gasteiger partial charge in [0.25, 0.3) is 0 Å². The number of hydrogen-bond acceptors (Lipinski definition) is 3. The van der Waals surface area contributed by atoms with Crippen LogP contribution in [0.4, 0.5) is 0 Å². The first-order valence-corrected chi connectivity index (χ1v) is 6.06. The molecule has 0 radical (unpaired) electrons. The van der Waals surface area contributed by atoms with Crippen LogP contribution in [-0.2, 0) is 6.42 Å². The first kappa shape index (κ1) is 13.0. The van der Waals surface area contributed by atoms with Gasteiger partial charge in [0.05, 0.1) is 12.3 Å². The molecular weight excluding hydrogens is 200 g/mol. The molecule has 0 amide bonds. The Kier molecular flexibility index (Phi) is 5.86. The zero-order chi connectivity index (χ0) is 11.8. The third-order valence-corrected chi connectivity index (χ3v) is 2.40. The van der Waals surface area contributed by atoms with Crippen LogP contribution in [0.3, 0.4) is 0 Å². The Labute approximate surface area is 98.0 Å². The van der Waals surface area contributed by atoms with Crippen molar-refractivity contribution in [2.75, 3.05) is 13.2 Å². The quantitative estimate of drug-likeness (QED) is 0.721. The molecule has 0 atom stereocenters. The molecule has 1 heterocycles. The Morgan fingerprint density at radius 2 is 2.19 bits per heavy atom. The van der Waals surface area contributed by atoms with E-state index in [0.29, 0.717) is 0 Å². The number of nitrogens with two attached hydrogens (primary N) is 1. The van der Waals surface area contributed by atoms with Crippen molar-refractivity contribution >= 4 is 0 Å². The van der Waals surface area contributed by atoms with Crippen molar-refractivity contribution in [3.05, 3.63) is 23.5 Å². The summed E-state index contributed by atoms with van der Waals surface area (Å²) in [4.78, 5) is 4.44. The molecule has 0 aliphatic heterocycles. The predicted molar refractivity (Wildman–Crippen MR) is 66.8 cm³/mol. The van der Waals surface area contributed by atoms with E-state index in [1.54, 1.807) is 0 Å². The summed E-state index contributed by atoms with van der Waals surface area (Å²) in [5.41, 5.74) is 7.69. The fraction of sp³-hybridized carbons (Fsp3) is 0.615. The van der Waals surface area contributed by atoms with E-state index in [9.17, 15) is 0 Å². The van der Waals surface area contributed by atoms with Gasteiger partial charge in [0.2, 0.25) is 0 Å². The molecule has 3 nitrogen and oxygen atoms in total. The molecule has 1 aromatic heterocycles. The van der Waals surface area contributed by atoms with Crippen LogP contribution in [0.15, 0.2) is 12.3 Å². The van der Waals surface area contributed by atoms with Crippen LogP contribution in [0, 0.1) is 6.92 Å². The maximum Gasteiger partial charge on any atom is 0.141 e. The summed E-state index contributed by atoms with van der Waals surface area (Å²) in [7, 11) is 0. The van der Waals surface area contributed by atoms with Crippen LogP contribution in [-0.4, -0.2) is 18.1 Å². The molecule has 0 saturated heterocycles. The average molecular weight is 222 g/mol. The van der Waals surface area contributed by atoms with Gasteiger partial charge in [0, 0.05) is 6.20 Å². The van der Waals surface area contributed by atoms with Gasteiger partial charge in [-0.3, -0.25) is 4.98 Å². The highest BCUT2D eigenvalue weighted by Crippen LogP contribution is 2.19. The highest BCUT2D eigenvalue weighted by Gasteiger charge is 2.05. The van der Waals surface area contributed by atoms with Gasteiger partial charge in [-0.05, 0) is 50.8 Å². The largest absolute Gasteiger partial charge is 0.492 e. The van der Waals surface area contributed by atoms with Crippen molar-refractivity contribution < 1.29 is 4.74 Å². The Morgan fingerprint density at radius 3 is 2.88 bits per heavy atom. The van der Waals surface area contributed by atoms with E-state index in [0.717, 1.165) is 55.8 Å². The van der Waals surface area contributed by atoms with Crippen molar-refractivity contribution in [3.63, 3.8) is 0 Å². The lowest BCUT2D eigenvalue weighted by atomic mass is 10.1. The van der Waals surface area contributed by atoms with Gasteiger partial charge in [-0.1, -0.05) is 6.92 Å². The van der Waals surface area contributed by atoms with Crippen LogP contribution in [0.2, 0.25) is 0 Å². The van der Waals surface area contributed by atoms with Crippen molar-refractivity contribution in [3.8, 4) is 5.75 Å². The van der Waals surface area contributed by atoms with E-state index in [1.807, 2.05) is 13.1 Å². The highest BCUT2D eigenvalue weighted by atomic mass is 16.5. The third kappa shape index (κ3) is 4.19. The fourth-order valence-electron chi connectivity index (χ4n) is 1.53. The lowest BCUT2D eigenvalue weighted by Gasteiger charge is -2.10. The second-order valence-electron chi connectivity index (χ2n) is 4.05. The lowest BCUT2D eigenvalue weighted by molar-refractivity contribution is 0.312. The lowest BCUT2D eigenvalue weighted by Crippen LogP contribution is -2.03. The van der Waals surface area contributed by atoms with E-state index in [2.05, 4.69) is 18.0 Å². The van der Waals surface area contributed by atoms with Crippen LogP contribution >= 0.6 is 0 Å². The van der Waals surface area contributed by atoms with Gasteiger partial charge in [-0.25, -0.2) is 0 Å². The molecular formula is C13H22N2O. The summed E-state index contributed by atoms with van der Waals surface area (Å²) in [5, 5.41) is 0. The molecule has 16 heavy (non-hydrogen) atoms. The van der Waals surface area contributed by atoms with Gasteiger partial charge in [-0.15, -0.1) is 0 Å². The Bertz CT molecular complexity index is 313. The SMILES string of the molecule is CCCOc1cc(C)cnc1CCCCN. The van der Waals surface area contributed by atoms with Gasteiger partial charge in [0.1, 0.15) is 5.75 Å². The Balaban J connectivity index is 2.64. The smallest absolute Gasteiger partial charge is 0.141 e. The molecule has 2 N–H and O–H groups in total. The topological polar surface area (TPSA) is 48.1 Å². The molecule has 0 saturated carbocycles. The van der Waals surface area contributed by atoms with Crippen LogP contribution in [0.1, 0.15) is 37.4 Å². The fourth-order valence-corrected chi connectivity index (χ4v) is 1.53. The predicted octanol–water partition coefficient (Wildman–Crippen LogP) is 2.46. The van der Waals surface area contributed by atoms with Crippen LogP contribution < -0.4 is 10.5 Å². The van der Waals surface area contributed by atoms with Crippen molar-refractivity contribution in [1.82, 2.24) is 4.98 Å². The third-order valence-electron chi connectivity index (χ3n) is 2.40. The minimum atomic E-state index is 0.747. The first-order chi connectivity index (χ1) is 7.77. The Morgan fingerprint density at radius 1 is 1.38 bits per heavy atom. The maximum absolute atomic E-state index is 5.70. The molecule has 90 valence electrons. The molecule has 0 unspecified atom stereocenters. The number of ether oxygens (including phenoxy) is 1. The highest BCUT2D eigenvalue weighted by molar-refractivity contribution is 5.31. The second kappa shape index (κ2) is 7.23. The molecule has 0 bridgehead atoms. The van der Waals surface area contributed by atoms with Gasteiger partial charge < -0.3 is 10.5 Å². The molecule has 1 aromatic rings. The van der Waals surface area contributed by atoms with Crippen molar-refractivity contribution in [2.24, 2.45) is 5.73 Å². The zero-order valence-electron chi connectivity index (χ0n) is 10.3. The van der Waals surface area contributed by atoms with Crippen LogP contribution in [0.5, 0.6) is 5.75 Å². The van der Waals surface area contributed by atoms with Crippen molar-refractivity contribution in [1.29, 1.82) is 0 Å². The summed E-state index contributed by atoms with van der Waals surface area (Å²) in [6, 6.07) is 2.07. The average Bonchev–Trinajstić information content (AvgIpc) is 2.29. The van der Waals surface area contributed by atoms with E-state index in [-0.39, 0.29) is 0 Å². The number of aryl methyl sites for hydroxylation is 2. The number of pyridine rings is 1. The number of unbranched alkanes of at least 4 members (excludes halogenated alkanes) is 1. The molecule has 0 aliphatic rings. The van der Waals surface area contributed by atoms with Crippen molar-refractivity contribution in [2.45, 2.75) is 39.5 Å². The summed E-state index contributed by atoms with van der Waals surface area (Å²) < 4.78 is 5.70. The van der Waals surface area contributed by atoms with Gasteiger partial charge >= 0.3 is 0 Å². The molecule has 0 aliphatic carbocycles. The number of nitrogens with zero attached hydrogens (tertiary/aromatic N) is 1. The number of aromatic nitrogens is 1. The maximum atomic E-state index is 5.70. The molecule has 0 spiro atoms. The van der Waals surface area contributed by atoms with E-state index in [1.165, 1.54) is 0 Å².